The summed E-state index contributed by atoms with van der Waals surface area (Å²) in [6.07, 6.45) is 0.391. The number of hydrogen-bond acceptors (Lipinski definition) is 2. The monoisotopic (exact) mass is 264 g/mol. The fraction of sp³-hybridized carbons (Fsp3) is 0.231. The maximum absolute atomic E-state index is 10.5. The Labute approximate surface area is 110 Å². The van der Waals surface area contributed by atoms with E-state index in [9.17, 15) is 4.79 Å². The quantitative estimate of drug-likeness (QED) is 0.892. The molecule has 0 spiro atoms. The van der Waals surface area contributed by atoms with Crippen molar-refractivity contribution >= 4 is 17.6 Å². The van der Waals surface area contributed by atoms with E-state index in [1.165, 1.54) is 5.56 Å². The Hall–Kier alpha value is -1.81. The highest BCUT2D eigenvalue weighted by atomic mass is 35.5. The lowest BCUT2D eigenvalue weighted by Gasteiger charge is -1.97. The number of carboxylic acid groups (broad SMARTS) is 1. The molecule has 1 aromatic carbocycles. The van der Waals surface area contributed by atoms with Crippen LogP contribution >= 0.6 is 11.6 Å². The molecule has 0 fully saturated rings. The first-order chi connectivity index (χ1) is 8.56. The van der Waals surface area contributed by atoms with Crippen LogP contribution in [0, 0.1) is 6.92 Å². The number of rotatable bonds is 4. The second kappa shape index (κ2) is 5.23. The van der Waals surface area contributed by atoms with Crippen molar-refractivity contribution in [2.75, 3.05) is 0 Å². The summed E-state index contributed by atoms with van der Waals surface area (Å²) >= 11 is 5.97. The molecule has 0 amide bonds. The van der Waals surface area contributed by atoms with Crippen molar-refractivity contribution in [2.24, 2.45) is 0 Å². The minimum absolute atomic E-state index is 0.0370. The number of aliphatic carboxylic acids is 1. The lowest BCUT2D eigenvalue weighted by atomic mass is 10.1. The molecule has 0 atom stereocenters. The Balaban J connectivity index is 2.22. The van der Waals surface area contributed by atoms with E-state index in [4.69, 9.17) is 16.7 Å². The van der Waals surface area contributed by atoms with Crippen LogP contribution in [0.1, 0.15) is 17.7 Å². The molecule has 0 unspecified atom stereocenters. The molecule has 0 radical (unpaired) electrons. The zero-order valence-corrected chi connectivity index (χ0v) is 10.7. The first-order valence-electron chi connectivity index (χ1n) is 5.59. The van der Waals surface area contributed by atoms with Gasteiger partial charge in [0.05, 0.1) is 12.1 Å². The van der Waals surface area contributed by atoms with Gasteiger partial charge < -0.3 is 10.1 Å². The topological polar surface area (TPSA) is 66.0 Å². The third-order valence-corrected chi connectivity index (χ3v) is 2.95. The molecule has 2 N–H and O–H groups in total. The van der Waals surface area contributed by atoms with Gasteiger partial charge in [-0.25, -0.2) is 4.98 Å². The van der Waals surface area contributed by atoms with Crippen LogP contribution in [0.15, 0.2) is 24.3 Å². The predicted molar refractivity (Wildman–Crippen MR) is 69.7 cm³/mol. The average Bonchev–Trinajstić information content (AvgIpc) is 2.69. The molecular weight excluding hydrogens is 252 g/mol. The number of carboxylic acids is 1. The highest BCUT2D eigenvalue weighted by Crippen LogP contribution is 2.22. The van der Waals surface area contributed by atoms with Crippen molar-refractivity contribution in [3.05, 3.63) is 40.7 Å². The number of halogens is 1. The number of imidazole rings is 1. The Bertz CT molecular complexity index is 561. The van der Waals surface area contributed by atoms with Crippen LogP contribution in [-0.4, -0.2) is 21.0 Å². The molecule has 4 nitrogen and oxygen atoms in total. The summed E-state index contributed by atoms with van der Waals surface area (Å²) in [5.41, 5.74) is 2.77. The average molecular weight is 265 g/mol. The number of carbonyl (C=O) groups is 1. The number of aromatic nitrogens is 2. The molecule has 2 aromatic rings. The van der Waals surface area contributed by atoms with E-state index in [-0.39, 0.29) is 6.42 Å². The van der Waals surface area contributed by atoms with Gasteiger partial charge in [-0.3, -0.25) is 4.79 Å². The highest BCUT2D eigenvalue weighted by Gasteiger charge is 2.10. The fourth-order valence-electron chi connectivity index (χ4n) is 1.63. The van der Waals surface area contributed by atoms with E-state index in [0.717, 1.165) is 5.56 Å². The Morgan fingerprint density at radius 3 is 2.67 bits per heavy atom. The standard InChI is InChI=1S/C13H13ClN2O2/c1-8-2-4-9(5-3-8)13-15-10(12(14)16-13)6-7-11(17)18/h2-5H,6-7H2,1H3,(H,15,16)(H,17,18). The number of nitrogens with one attached hydrogen (secondary N) is 1. The number of benzene rings is 1. The van der Waals surface area contributed by atoms with Crippen molar-refractivity contribution in [2.45, 2.75) is 19.8 Å². The Morgan fingerprint density at radius 1 is 1.39 bits per heavy atom. The minimum atomic E-state index is -0.849. The summed E-state index contributed by atoms with van der Waals surface area (Å²) in [7, 11) is 0. The number of aryl methyl sites for hydroxylation is 2. The molecule has 1 aromatic heterocycles. The molecule has 18 heavy (non-hydrogen) atoms. The van der Waals surface area contributed by atoms with Crippen molar-refractivity contribution in [1.29, 1.82) is 0 Å². The smallest absolute Gasteiger partial charge is 0.303 e. The number of aromatic amines is 1. The minimum Gasteiger partial charge on any atom is -0.481 e. The Kier molecular flexibility index (Phi) is 3.67. The van der Waals surface area contributed by atoms with Gasteiger partial charge in [-0.15, -0.1) is 0 Å². The van der Waals surface area contributed by atoms with E-state index in [1.807, 2.05) is 31.2 Å². The summed E-state index contributed by atoms with van der Waals surface area (Å²) in [5, 5.41) is 8.98. The van der Waals surface area contributed by atoms with E-state index in [2.05, 4.69) is 9.97 Å². The van der Waals surface area contributed by atoms with Crippen molar-refractivity contribution in [3.63, 3.8) is 0 Å². The van der Waals surface area contributed by atoms with Crippen LogP contribution in [-0.2, 0) is 11.2 Å². The zero-order valence-electron chi connectivity index (χ0n) is 9.90. The van der Waals surface area contributed by atoms with Crippen LogP contribution in [0.2, 0.25) is 5.15 Å². The second-order valence-corrected chi connectivity index (χ2v) is 4.47. The molecule has 0 aliphatic carbocycles. The summed E-state index contributed by atoms with van der Waals surface area (Å²) in [4.78, 5) is 17.8. The maximum Gasteiger partial charge on any atom is 0.303 e. The summed E-state index contributed by atoms with van der Waals surface area (Å²) in [6, 6.07) is 7.88. The summed E-state index contributed by atoms with van der Waals surface area (Å²) in [6.45, 7) is 2.01. The van der Waals surface area contributed by atoms with Gasteiger partial charge >= 0.3 is 5.97 Å². The van der Waals surface area contributed by atoms with Crippen LogP contribution in [0.25, 0.3) is 11.4 Å². The molecule has 0 aliphatic heterocycles. The van der Waals surface area contributed by atoms with E-state index in [0.29, 0.717) is 23.1 Å². The SMILES string of the molecule is Cc1ccc(-c2nc(Cl)c(CCC(=O)O)[nH]2)cc1. The summed E-state index contributed by atoms with van der Waals surface area (Å²) < 4.78 is 0. The fourth-order valence-corrected chi connectivity index (χ4v) is 1.86. The van der Waals surface area contributed by atoms with Gasteiger partial charge in [0, 0.05) is 12.0 Å². The first-order valence-corrected chi connectivity index (χ1v) is 5.97. The molecule has 0 aliphatic rings. The van der Waals surface area contributed by atoms with Gasteiger partial charge in [0.1, 0.15) is 5.82 Å². The van der Waals surface area contributed by atoms with Crippen LogP contribution in [0.4, 0.5) is 0 Å². The number of H-pyrrole nitrogens is 1. The van der Waals surface area contributed by atoms with Gasteiger partial charge in [0.2, 0.25) is 0 Å². The molecular formula is C13H13ClN2O2. The van der Waals surface area contributed by atoms with Crippen LogP contribution < -0.4 is 0 Å². The van der Waals surface area contributed by atoms with Crippen LogP contribution in [0.5, 0.6) is 0 Å². The molecule has 0 saturated heterocycles. The third-order valence-electron chi connectivity index (χ3n) is 2.64. The van der Waals surface area contributed by atoms with Crippen molar-refractivity contribution in [3.8, 4) is 11.4 Å². The molecule has 0 saturated carbocycles. The second-order valence-electron chi connectivity index (χ2n) is 4.11. The lowest BCUT2D eigenvalue weighted by Crippen LogP contribution is -1.98. The normalized spacial score (nSPS) is 10.6. The van der Waals surface area contributed by atoms with Crippen molar-refractivity contribution in [1.82, 2.24) is 9.97 Å². The number of nitrogens with zero attached hydrogens (tertiary/aromatic N) is 1. The van der Waals surface area contributed by atoms with Gasteiger partial charge in [-0.05, 0) is 6.92 Å². The molecule has 0 bridgehead atoms. The largest absolute Gasteiger partial charge is 0.481 e. The van der Waals surface area contributed by atoms with Crippen molar-refractivity contribution < 1.29 is 9.90 Å². The maximum atomic E-state index is 10.5. The zero-order chi connectivity index (χ0) is 13.1. The highest BCUT2D eigenvalue weighted by molar-refractivity contribution is 6.30. The number of hydrogen-bond donors (Lipinski definition) is 2. The van der Waals surface area contributed by atoms with E-state index < -0.39 is 5.97 Å². The molecule has 94 valence electrons. The van der Waals surface area contributed by atoms with Gasteiger partial charge in [0.15, 0.2) is 5.15 Å². The Morgan fingerprint density at radius 2 is 2.06 bits per heavy atom. The van der Waals surface area contributed by atoms with Gasteiger partial charge in [-0.2, -0.15) is 0 Å². The van der Waals surface area contributed by atoms with Crippen LogP contribution in [0.3, 0.4) is 0 Å². The lowest BCUT2D eigenvalue weighted by molar-refractivity contribution is -0.136. The summed E-state index contributed by atoms with van der Waals surface area (Å²) in [5.74, 6) is -0.182. The van der Waals surface area contributed by atoms with E-state index >= 15 is 0 Å². The predicted octanol–water partition coefficient (Wildman–Crippen LogP) is 3.06. The molecule has 5 heteroatoms. The van der Waals surface area contributed by atoms with Gasteiger partial charge in [-0.1, -0.05) is 41.4 Å². The molecule has 2 rings (SSSR count). The first kappa shape index (κ1) is 12.6. The molecule has 1 heterocycles. The van der Waals surface area contributed by atoms with E-state index in [1.54, 1.807) is 0 Å². The van der Waals surface area contributed by atoms with Gasteiger partial charge in [0.25, 0.3) is 0 Å². The third kappa shape index (κ3) is 2.90.